The standard InChI is InChI=1S/C17H17FN4O4/c18-14-10(21-7-5-19-6-8-21)2-1-9-13(14)17(26)22(16(9)25)11-3-4-12(23)20-15(11)24/h1-2,11,19H,3-8H2,(H,20,23,24). The number of rotatable bonds is 2. The highest BCUT2D eigenvalue weighted by atomic mass is 19.1. The van der Waals surface area contributed by atoms with Crippen LogP contribution in [-0.4, -0.2) is 60.7 Å². The van der Waals surface area contributed by atoms with E-state index >= 15 is 4.39 Å². The highest BCUT2D eigenvalue weighted by Gasteiger charge is 2.46. The van der Waals surface area contributed by atoms with Crippen LogP contribution in [0.3, 0.4) is 0 Å². The summed E-state index contributed by atoms with van der Waals surface area (Å²) < 4.78 is 15.1. The zero-order chi connectivity index (χ0) is 18.4. The zero-order valence-electron chi connectivity index (χ0n) is 13.9. The predicted octanol–water partition coefficient (Wildman–Crippen LogP) is -0.363. The first-order chi connectivity index (χ1) is 12.5. The van der Waals surface area contributed by atoms with Crippen molar-refractivity contribution in [3.05, 3.63) is 29.1 Å². The van der Waals surface area contributed by atoms with E-state index in [2.05, 4.69) is 10.6 Å². The van der Waals surface area contributed by atoms with Crippen LogP contribution in [-0.2, 0) is 9.59 Å². The monoisotopic (exact) mass is 360 g/mol. The van der Waals surface area contributed by atoms with Crippen molar-refractivity contribution in [3.63, 3.8) is 0 Å². The molecule has 8 nitrogen and oxygen atoms in total. The Labute approximate surface area is 148 Å². The highest BCUT2D eigenvalue weighted by molar-refractivity contribution is 6.24. The van der Waals surface area contributed by atoms with Gasteiger partial charge in [-0.15, -0.1) is 0 Å². The molecule has 1 atom stereocenters. The molecule has 3 heterocycles. The van der Waals surface area contributed by atoms with Crippen molar-refractivity contribution in [3.8, 4) is 0 Å². The molecule has 0 radical (unpaired) electrons. The van der Waals surface area contributed by atoms with Gasteiger partial charge in [0.2, 0.25) is 11.8 Å². The van der Waals surface area contributed by atoms with Gasteiger partial charge >= 0.3 is 0 Å². The predicted molar refractivity (Wildman–Crippen MR) is 88.2 cm³/mol. The number of piperidine rings is 1. The molecule has 1 unspecified atom stereocenters. The van der Waals surface area contributed by atoms with Crippen LogP contribution in [0, 0.1) is 5.82 Å². The summed E-state index contributed by atoms with van der Waals surface area (Å²) in [6.07, 6.45) is 0.0702. The van der Waals surface area contributed by atoms with Gasteiger partial charge in [-0.1, -0.05) is 0 Å². The number of fused-ring (bicyclic) bond motifs is 1. The molecule has 2 N–H and O–H groups in total. The van der Waals surface area contributed by atoms with Gasteiger partial charge in [-0.25, -0.2) is 4.39 Å². The largest absolute Gasteiger partial charge is 0.367 e. The minimum absolute atomic E-state index is 0.0261. The van der Waals surface area contributed by atoms with Crippen LogP contribution in [0.15, 0.2) is 12.1 Å². The van der Waals surface area contributed by atoms with Gasteiger partial charge in [-0.3, -0.25) is 29.4 Å². The number of imide groups is 2. The molecule has 0 bridgehead atoms. The van der Waals surface area contributed by atoms with Crippen LogP contribution in [0.1, 0.15) is 33.6 Å². The quantitative estimate of drug-likeness (QED) is 0.699. The van der Waals surface area contributed by atoms with Crippen molar-refractivity contribution in [1.82, 2.24) is 15.5 Å². The second kappa shape index (κ2) is 6.17. The van der Waals surface area contributed by atoms with Gasteiger partial charge in [0.1, 0.15) is 6.04 Å². The van der Waals surface area contributed by atoms with Crippen molar-refractivity contribution in [2.45, 2.75) is 18.9 Å². The number of halogens is 1. The third-order valence-electron chi connectivity index (χ3n) is 4.98. The fraction of sp³-hybridized carbons (Fsp3) is 0.412. The zero-order valence-corrected chi connectivity index (χ0v) is 13.9. The number of carbonyl (C=O) groups excluding carboxylic acids is 4. The molecule has 26 heavy (non-hydrogen) atoms. The summed E-state index contributed by atoms with van der Waals surface area (Å²) in [4.78, 5) is 51.3. The Hall–Kier alpha value is -2.81. The Morgan fingerprint density at radius 2 is 1.77 bits per heavy atom. The topological polar surface area (TPSA) is 98.8 Å². The van der Waals surface area contributed by atoms with Crippen molar-refractivity contribution in [2.75, 3.05) is 31.1 Å². The molecular weight excluding hydrogens is 343 g/mol. The maximum atomic E-state index is 15.1. The number of nitrogens with zero attached hydrogens (tertiary/aromatic N) is 2. The lowest BCUT2D eigenvalue weighted by Gasteiger charge is -2.30. The maximum absolute atomic E-state index is 15.1. The fourth-order valence-electron chi connectivity index (χ4n) is 3.66. The van der Waals surface area contributed by atoms with E-state index in [1.807, 2.05) is 4.90 Å². The number of nitrogens with one attached hydrogen (secondary N) is 2. The van der Waals surface area contributed by atoms with E-state index in [0.717, 1.165) is 4.90 Å². The molecule has 0 saturated carbocycles. The van der Waals surface area contributed by atoms with E-state index in [-0.39, 0.29) is 29.7 Å². The van der Waals surface area contributed by atoms with Crippen molar-refractivity contribution < 1.29 is 23.6 Å². The summed E-state index contributed by atoms with van der Waals surface area (Å²) in [5.74, 6) is -3.43. The van der Waals surface area contributed by atoms with Crippen LogP contribution in [0.5, 0.6) is 0 Å². The van der Waals surface area contributed by atoms with Crippen LogP contribution < -0.4 is 15.5 Å². The lowest BCUT2D eigenvalue weighted by molar-refractivity contribution is -0.136. The molecule has 0 spiro atoms. The van der Waals surface area contributed by atoms with E-state index in [9.17, 15) is 19.2 Å². The van der Waals surface area contributed by atoms with Gasteiger partial charge in [-0.05, 0) is 18.6 Å². The summed E-state index contributed by atoms with van der Waals surface area (Å²) in [7, 11) is 0. The Kier molecular flexibility index (Phi) is 3.95. The minimum atomic E-state index is -1.10. The molecule has 2 fully saturated rings. The van der Waals surface area contributed by atoms with Crippen molar-refractivity contribution >= 4 is 29.3 Å². The molecule has 1 aromatic rings. The molecule has 3 aliphatic rings. The van der Waals surface area contributed by atoms with Gasteiger partial charge in [0, 0.05) is 32.6 Å². The molecule has 4 rings (SSSR count). The lowest BCUT2D eigenvalue weighted by Crippen LogP contribution is -2.54. The molecule has 0 aliphatic carbocycles. The summed E-state index contributed by atoms with van der Waals surface area (Å²) >= 11 is 0. The number of carbonyl (C=O) groups is 4. The molecule has 1 aromatic carbocycles. The van der Waals surface area contributed by atoms with Crippen LogP contribution in [0.4, 0.5) is 10.1 Å². The van der Waals surface area contributed by atoms with Crippen molar-refractivity contribution in [2.24, 2.45) is 0 Å². The van der Waals surface area contributed by atoms with E-state index in [4.69, 9.17) is 0 Å². The minimum Gasteiger partial charge on any atom is -0.367 e. The van der Waals surface area contributed by atoms with Crippen molar-refractivity contribution in [1.29, 1.82) is 0 Å². The molecule has 2 saturated heterocycles. The Bertz CT molecular complexity index is 834. The normalized spacial score (nSPS) is 23.3. The molecule has 9 heteroatoms. The number of hydrogen-bond donors (Lipinski definition) is 2. The summed E-state index contributed by atoms with van der Waals surface area (Å²) in [6, 6.07) is 1.84. The Morgan fingerprint density at radius 3 is 2.46 bits per heavy atom. The number of benzene rings is 1. The molecule has 136 valence electrons. The van der Waals surface area contributed by atoms with Gasteiger partial charge < -0.3 is 10.2 Å². The molecular formula is C17H17FN4O4. The van der Waals surface area contributed by atoms with Crippen LogP contribution in [0.2, 0.25) is 0 Å². The van der Waals surface area contributed by atoms with Crippen LogP contribution >= 0.6 is 0 Å². The smallest absolute Gasteiger partial charge is 0.265 e. The molecule has 4 amide bonds. The lowest BCUT2D eigenvalue weighted by atomic mass is 10.0. The van der Waals surface area contributed by atoms with Gasteiger partial charge in [0.25, 0.3) is 11.8 Å². The maximum Gasteiger partial charge on any atom is 0.265 e. The summed E-state index contributed by atoms with van der Waals surface area (Å²) in [5.41, 5.74) is -0.0664. The SMILES string of the molecule is O=C1CCC(N2C(=O)c3ccc(N4CCNCC4)c(F)c3C2=O)C(=O)N1. The molecule has 3 aliphatic heterocycles. The van der Waals surface area contributed by atoms with Crippen LogP contribution in [0.25, 0.3) is 0 Å². The Morgan fingerprint density at radius 1 is 1.04 bits per heavy atom. The number of hydrogen-bond acceptors (Lipinski definition) is 6. The fourth-order valence-corrected chi connectivity index (χ4v) is 3.66. The summed E-state index contributed by atoms with van der Waals surface area (Å²) in [5, 5.41) is 5.28. The second-order valence-electron chi connectivity index (χ2n) is 6.51. The summed E-state index contributed by atoms with van der Waals surface area (Å²) in [6.45, 7) is 2.58. The Balaban J connectivity index is 1.69. The van der Waals surface area contributed by atoms with E-state index in [1.165, 1.54) is 12.1 Å². The van der Waals surface area contributed by atoms with E-state index < -0.39 is 35.5 Å². The van der Waals surface area contributed by atoms with Gasteiger partial charge in [0.15, 0.2) is 5.82 Å². The first kappa shape index (κ1) is 16.6. The first-order valence-electron chi connectivity index (χ1n) is 8.49. The third-order valence-corrected chi connectivity index (χ3v) is 4.98. The first-order valence-corrected chi connectivity index (χ1v) is 8.49. The van der Waals surface area contributed by atoms with Gasteiger partial charge in [0.05, 0.1) is 16.8 Å². The molecule has 0 aromatic heterocycles. The third kappa shape index (κ3) is 2.47. The van der Waals surface area contributed by atoms with E-state index in [1.54, 1.807) is 0 Å². The average molecular weight is 360 g/mol. The highest BCUT2D eigenvalue weighted by Crippen LogP contribution is 2.33. The van der Waals surface area contributed by atoms with E-state index in [0.29, 0.717) is 26.2 Å². The number of piperazine rings is 1. The average Bonchev–Trinajstić information content (AvgIpc) is 2.88. The van der Waals surface area contributed by atoms with Gasteiger partial charge in [-0.2, -0.15) is 0 Å². The number of amides is 4. The number of anilines is 1. The second-order valence-corrected chi connectivity index (χ2v) is 6.51.